The molecule has 3 atom stereocenters. The molecule has 2 aromatic carbocycles. The van der Waals surface area contributed by atoms with Crippen LogP contribution in [-0.4, -0.2) is 47.5 Å². The number of methoxy groups -OCH3 is 3. The summed E-state index contributed by atoms with van der Waals surface area (Å²) in [7, 11) is 4.74. The number of rotatable bonds is 9. The molecule has 8 heteroatoms. The van der Waals surface area contributed by atoms with Crippen molar-refractivity contribution in [1.82, 2.24) is 0 Å². The Balaban J connectivity index is 1.59. The second kappa shape index (κ2) is 9.45. The number of carbonyl (C=O) groups is 1. The van der Waals surface area contributed by atoms with Crippen LogP contribution in [0.25, 0.3) is 0 Å². The van der Waals surface area contributed by atoms with Crippen LogP contribution in [0.15, 0.2) is 36.4 Å². The molecule has 166 valence electrons. The maximum absolute atomic E-state index is 12.9. The molecule has 0 aliphatic carbocycles. The summed E-state index contributed by atoms with van der Waals surface area (Å²) in [5, 5.41) is 0. The van der Waals surface area contributed by atoms with Crippen molar-refractivity contribution >= 4 is 5.97 Å². The zero-order valence-electron chi connectivity index (χ0n) is 17.8. The standard InChI is InChI=1S/C23H26O8/c1-25-12-28-11-17-16(8-14-4-6-18(26-2)20(9-14)27-3)23(24)31-22(17)15-5-7-19-21(10-15)30-13-29-19/h4-7,9-10,16-17,22H,8,11-13H2,1-3H3/t16-,17-,22+/m1/s1. The normalized spacial score (nSPS) is 21.8. The van der Waals surface area contributed by atoms with Crippen LogP contribution in [0.4, 0.5) is 0 Å². The van der Waals surface area contributed by atoms with Crippen molar-refractivity contribution in [2.45, 2.75) is 12.5 Å². The third-order valence-electron chi connectivity index (χ3n) is 5.59. The number of benzene rings is 2. The van der Waals surface area contributed by atoms with E-state index in [2.05, 4.69) is 0 Å². The average molecular weight is 430 g/mol. The Hall–Kier alpha value is -2.97. The molecule has 0 amide bonds. The van der Waals surface area contributed by atoms with E-state index in [1.54, 1.807) is 21.3 Å². The molecule has 0 radical (unpaired) electrons. The SMILES string of the molecule is COCOC[C@@H]1[C@@H](Cc2ccc(OC)c(OC)c2)C(=O)O[C@H]1c1ccc2c(c1)OCO2. The van der Waals surface area contributed by atoms with Crippen LogP contribution in [0.2, 0.25) is 0 Å². The molecule has 0 aromatic heterocycles. The van der Waals surface area contributed by atoms with E-state index >= 15 is 0 Å². The van der Waals surface area contributed by atoms with Crippen molar-refractivity contribution < 1.29 is 38.0 Å². The summed E-state index contributed by atoms with van der Waals surface area (Å²) in [6, 6.07) is 11.2. The summed E-state index contributed by atoms with van der Waals surface area (Å²) >= 11 is 0. The van der Waals surface area contributed by atoms with Crippen LogP contribution in [0.1, 0.15) is 17.2 Å². The number of esters is 1. The Bertz CT molecular complexity index is 928. The third kappa shape index (κ3) is 4.40. The molecule has 2 aromatic rings. The fraction of sp³-hybridized carbons (Fsp3) is 0.435. The minimum absolute atomic E-state index is 0.141. The van der Waals surface area contributed by atoms with Gasteiger partial charge in [0.1, 0.15) is 12.9 Å². The van der Waals surface area contributed by atoms with E-state index in [1.807, 2.05) is 36.4 Å². The molecule has 8 nitrogen and oxygen atoms in total. The predicted molar refractivity (Wildman–Crippen MR) is 109 cm³/mol. The molecular formula is C23H26O8. The van der Waals surface area contributed by atoms with Crippen molar-refractivity contribution in [3.05, 3.63) is 47.5 Å². The smallest absolute Gasteiger partial charge is 0.310 e. The summed E-state index contributed by atoms with van der Waals surface area (Å²) in [6.45, 7) is 0.643. The molecule has 0 bridgehead atoms. The molecule has 1 fully saturated rings. The van der Waals surface area contributed by atoms with Crippen LogP contribution >= 0.6 is 0 Å². The monoisotopic (exact) mass is 430 g/mol. The van der Waals surface area contributed by atoms with Gasteiger partial charge >= 0.3 is 5.97 Å². The van der Waals surface area contributed by atoms with E-state index in [-0.39, 0.29) is 31.4 Å². The summed E-state index contributed by atoms with van der Waals surface area (Å²) in [6.07, 6.45) is 0.0327. The van der Waals surface area contributed by atoms with Gasteiger partial charge in [-0.1, -0.05) is 12.1 Å². The van der Waals surface area contributed by atoms with E-state index in [9.17, 15) is 4.79 Å². The first kappa shape index (κ1) is 21.3. The van der Waals surface area contributed by atoms with Crippen LogP contribution < -0.4 is 18.9 Å². The minimum Gasteiger partial charge on any atom is -0.493 e. The van der Waals surface area contributed by atoms with Gasteiger partial charge in [-0.05, 0) is 41.8 Å². The highest BCUT2D eigenvalue weighted by Gasteiger charge is 2.45. The van der Waals surface area contributed by atoms with Crippen LogP contribution in [0, 0.1) is 11.8 Å². The molecule has 0 unspecified atom stereocenters. The first-order chi connectivity index (χ1) is 15.1. The van der Waals surface area contributed by atoms with Crippen molar-refractivity contribution in [1.29, 1.82) is 0 Å². The summed E-state index contributed by atoms with van der Waals surface area (Å²) in [5.41, 5.74) is 1.79. The first-order valence-corrected chi connectivity index (χ1v) is 10.0. The highest BCUT2D eigenvalue weighted by molar-refractivity contribution is 5.76. The molecule has 0 N–H and O–H groups in total. The number of ether oxygens (including phenoxy) is 7. The zero-order chi connectivity index (χ0) is 21.8. The van der Waals surface area contributed by atoms with Gasteiger partial charge in [0.2, 0.25) is 6.79 Å². The third-order valence-corrected chi connectivity index (χ3v) is 5.59. The molecular weight excluding hydrogens is 404 g/mol. The van der Waals surface area contributed by atoms with E-state index in [1.165, 1.54) is 0 Å². The van der Waals surface area contributed by atoms with Crippen molar-refractivity contribution in [2.24, 2.45) is 11.8 Å². The maximum atomic E-state index is 12.9. The molecule has 4 rings (SSSR count). The van der Waals surface area contributed by atoms with Gasteiger partial charge in [-0.2, -0.15) is 0 Å². The lowest BCUT2D eigenvalue weighted by atomic mass is 9.83. The predicted octanol–water partition coefficient (Wildman–Crippen LogP) is 3.13. The fourth-order valence-corrected chi connectivity index (χ4v) is 4.06. The van der Waals surface area contributed by atoms with Gasteiger partial charge in [0.15, 0.2) is 23.0 Å². The van der Waals surface area contributed by atoms with Gasteiger partial charge in [-0.15, -0.1) is 0 Å². The van der Waals surface area contributed by atoms with Gasteiger partial charge < -0.3 is 33.2 Å². The van der Waals surface area contributed by atoms with Gasteiger partial charge in [0, 0.05) is 13.0 Å². The lowest BCUT2D eigenvalue weighted by Crippen LogP contribution is -2.24. The molecule has 0 spiro atoms. The van der Waals surface area contributed by atoms with E-state index in [0.29, 0.717) is 36.0 Å². The number of cyclic esters (lactones) is 1. The molecule has 1 saturated heterocycles. The summed E-state index contributed by atoms with van der Waals surface area (Å²) in [5.74, 6) is 1.74. The Morgan fingerprint density at radius 1 is 0.968 bits per heavy atom. The Morgan fingerprint density at radius 2 is 1.77 bits per heavy atom. The van der Waals surface area contributed by atoms with Crippen molar-refractivity contribution in [3.63, 3.8) is 0 Å². The molecule has 31 heavy (non-hydrogen) atoms. The topological polar surface area (TPSA) is 81.7 Å². The molecule has 2 aliphatic heterocycles. The lowest BCUT2D eigenvalue weighted by molar-refractivity contribution is -0.144. The number of hydrogen-bond acceptors (Lipinski definition) is 8. The fourth-order valence-electron chi connectivity index (χ4n) is 4.06. The lowest BCUT2D eigenvalue weighted by Gasteiger charge is -2.22. The quantitative estimate of drug-likeness (QED) is 0.341. The van der Waals surface area contributed by atoms with E-state index in [0.717, 1.165) is 11.1 Å². The number of fused-ring (bicyclic) bond motifs is 1. The second-order valence-electron chi connectivity index (χ2n) is 7.41. The minimum atomic E-state index is -0.455. The van der Waals surface area contributed by atoms with Crippen LogP contribution in [-0.2, 0) is 25.4 Å². The number of hydrogen-bond donors (Lipinski definition) is 0. The molecule has 2 aliphatic rings. The van der Waals surface area contributed by atoms with Gasteiger partial charge in [-0.3, -0.25) is 4.79 Å². The van der Waals surface area contributed by atoms with Gasteiger partial charge in [-0.25, -0.2) is 0 Å². The van der Waals surface area contributed by atoms with E-state index < -0.39 is 6.10 Å². The molecule has 0 saturated carbocycles. The van der Waals surface area contributed by atoms with Crippen LogP contribution in [0.5, 0.6) is 23.0 Å². The summed E-state index contributed by atoms with van der Waals surface area (Å²) in [4.78, 5) is 12.9. The van der Waals surface area contributed by atoms with Crippen LogP contribution in [0.3, 0.4) is 0 Å². The zero-order valence-corrected chi connectivity index (χ0v) is 17.8. The highest BCUT2D eigenvalue weighted by Crippen LogP contribution is 2.44. The van der Waals surface area contributed by atoms with Gasteiger partial charge in [0.05, 0.1) is 26.7 Å². The largest absolute Gasteiger partial charge is 0.493 e. The maximum Gasteiger partial charge on any atom is 0.310 e. The average Bonchev–Trinajstić information content (AvgIpc) is 3.38. The summed E-state index contributed by atoms with van der Waals surface area (Å²) < 4.78 is 38.1. The first-order valence-electron chi connectivity index (χ1n) is 10.0. The van der Waals surface area contributed by atoms with Crippen molar-refractivity contribution in [2.75, 3.05) is 41.5 Å². The Kier molecular flexibility index (Phi) is 6.48. The van der Waals surface area contributed by atoms with Crippen molar-refractivity contribution in [3.8, 4) is 23.0 Å². The van der Waals surface area contributed by atoms with Gasteiger partial charge in [0.25, 0.3) is 0 Å². The highest BCUT2D eigenvalue weighted by atomic mass is 16.7. The second-order valence-corrected chi connectivity index (χ2v) is 7.41. The van der Waals surface area contributed by atoms with E-state index in [4.69, 9.17) is 33.2 Å². The Morgan fingerprint density at radius 3 is 2.55 bits per heavy atom. The Labute approximate surface area is 180 Å². The molecule has 2 heterocycles. The number of carbonyl (C=O) groups excluding carboxylic acids is 1.